The lowest BCUT2D eigenvalue weighted by molar-refractivity contribution is 0.200. The molecule has 0 amide bonds. The van der Waals surface area contributed by atoms with E-state index in [2.05, 4.69) is 20.9 Å². The standard InChI is InChI=1S/C25H36FN5O2S/c26-22-11-13-29(14-12-22)34(32,33)30-16-21-7-3-4-8-25(21)31(17-23-15-27-19-28-23)24(18-30)10-9-20-5-1-2-6-20/h3-4,7-8,15,19-20,22,24H,1-2,5-6,9-14,16-18H2,(H,27,28). The average molecular weight is 490 g/mol. The molecule has 186 valence electrons. The molecule has 2 aromatic rings. The first-order valence-corrected chi connectivity index (χ1v) is 14.1. The van der Waals surface area contributed by atoms with E-state index < -0.39 is 16.4 Å². The number of hydrogen-bond donors (Lipinski definition) is 1. The summed E-state index contributed by atoms with van der Waals surface area (Å²) >= 11 is 0. The van der Waals surface area contributed by atoms with Gasteiger partial charge in [-0.25, -0.2) is 9.37 Å². The number of benzene rings is 1. The molecule has 1 saturated carbocycles. The van der Waals surface area contributed by atoms with E-state index in [-0.39, 0.29) is 32.0 Å². The Kier molecular flexibility index (Phi) is 7.22. The van der Waals surface area contributed by atoms with Crippen LogP contribution in [0.2, 0.25) is 0 Å². The molecule has 3 heterocycles. The van der Waals surface area contributed by atoms with Gasteiger partial charge in [0.2, 0.25) is 0 Å². The maximum Gasteiger partial charge on any atom is 0.282 e. The van der Waals surface area contributed by atoms with Crippen molar-refractivity contribution in [3.8, 4) is 0 Å². The number of piperidine rings is 1. The van der Waals surface area contributed by atoms with Crippen LogP contribution in [-0.4, -0.2) is 58.8 Å². The molecule has 1 aliphatic carbocycles. The smallest absolute Gasteiger partial charge is 0.282 e. The Morgan fingerprint density at radius 1 is 1.03 bits per heavy atom. The van der Waals surface area contributed by atoms with Crippen LogP contribution in [0, 0.1) is 5.92 Å². The summed E-state index contributed by atoms with van der Waals surface area (Å²) in [6.07, 6.45) is 10.4. The van der Waals surface area contributed by atoms with Crippen LogP contribution < -0.4 is 4.90 Å². The van der Waals surface area contributed by atoms with E-state index in [1.54, 1.807) is 10.6 Å². The third-order valence-electron chi connectivity index (χ3n) is 7.82. The minimum Gasteiger partial charge on any atom is -0.361 e. The highest BCUT2D eigenvalue weighted by atomic mass is 32.2. The first-order chi connectivity index (χ1) is 16.5. The first-order valence-electron chi connectivity index (χ1n) is 12.7. The summed E-state index contributed by atoms with van der Waals surface area (Å²) in [5.41, 5.74) is 3.12. The van der Waals surface area contributed by atoms with E-state index in [1.165, 1.54) is 30.0 Å². The molecule has 1 saturated heterocycles. The Balaban J connectivity index is 1.46. The fourth-order valence-corrected chi connectivity index (χ4v) is 7.51. The lowest BCUT2D eigenvalue weighted by Gasteiger charge is -2.36. The molecule has 0 bridgehead atoms. The third kappa shape index (κ3) is 5.16. The van der Waals surface area contributed by atoms with Crippen molar-refractivity contribution >= 4 is 15.9 Å². The van der Waals surface area contributed by atoms with Crippen molar-refractivity contribution in [3.05, 3.63) is 48.0 Å². The van der Waals surface area contributed by atoms with Crippen LogP contribution >= 0.6 is 0 Å². The second-order valence-electron chi connectivity index (χ2n) is 10.1. The van der Waals surface area contributed by atoms with Crippen LogP contribution in [0.4, 0.5) is 10.1 Å². The van der Waals surface area contributed by atoms with Gasteiger partial charge in [0.15, 0.2) is 0 Å². The summed E-state index contributed by atoms with van der Waals surface area (Å²) in [7, 11) is -3.68. The number of para-hydroxylation sites is 1. The maximum atomic E-state index is 13.7. The van der Waals surface area contributed by atoms with Gasteiger partial charge in [0.05, 0.1) is 18.6 Å². The van der Waals surface area contributed by atoms with Gasteiger partial charge in [-0.1, -0.05) is 43.9 Å². The first kappa shape index (κ1) is 23.8. The van der Waals surface area contributed by atoms with Crippen molar-refractivity contribution in [2.75, 3.05) is 24.5 Å². The molecule has 3 aliphatic rings. The number of rotatable bonds is 7. The largest absolute Gasteiger partial charge is 0.361 e. The SMILES string of the molecule is O=S(=O)(N1CCC(F)CC1)N1Cc2ccccc2N(Cc2cnc[nH]2)C(CCC2CCCC2)C1. The summed E-state index contributed by atoms with van der Waals surface area (Å²) < 4.78 is 44.3. The van der Waals surface area contributed by atoms with Crippen LogP contribution in [0.15, 0.2) is 36.8 Å². The zero-order valence-electron chi connectivity index (χ0n) is 19.8. The Labute approximate surface area is 202 Å². The summed E-state index contributed by atoms with van der Waals surface area (Å²) in [6, 6.07) is 8.21. The molecule has 0 radical (unpaired) electrons. The highest BCUT2D eigenvalue weighted by Crippen LogP contribution is 2.35. The number of nitrogens with zero attached hydrogens (tertiary/aromatic N) is 4. The highest BCUT2D eigenvalue weighted by molar-refractivity contribution is 7.86. The lowest BCUT2D eigenvalue weighted by Crippen LogP contribution is -2.50. The number of imidazole rings is 1. The summed E-state index contributed by atoms with van der Waals surface area (Å²) in [4.78, 5) is 9.80. The highest BCUT2D eigenvalue weighted by Gasteiger charge is 2.38. The van der Waals surface area contributed by atoms with Crippen LogP contribution in [-0.2, 0) is 23.3 Å². The van der Waals surface area contributed by atoms with Gasteiger partial charge in [0.25, 0.3) is 10.2 Å². The molecule has 2 fully saturated rings. The minimum atomic E-state index is -3.68. The molecule has 0 spiro atoms. The molecule has 1 aromatic carbocycles. The molecular weight excluding hydrogens is 453 g/mol. The van der Waals surface area contributed by atoms with Crippen molar-refractivity contribution in [2.24, 2.45) is 5.92 Å². The number of fused-ring (bicyclic) bond motifs is 1. The monoisotopic (exact) mass is 489 g/mol. The van der Waals surface area contributed by atoms with Gasteiger partial charge in [-0.3, -0.25) is 0 Å². The molecule has 34 heavy (non-hydrogen) atoms. The summed E-state index contributed by atoms with van der Waals surface area (Å²) in [5.74, 6) is 0.737. The van der Waals surface area contributed by atoms with Gasteiger partial charge in [-0.2, -0.15) is 17.0 Å². The van der Waals surface area contributed by atoms with Gasteiger partial charge in [-0.05, 0) is 43.2 Å². The number of aromatic nitrogens is 2. The topological polar surface area (TPSA) is 72.5 Å². The quantitative estimate of drug-likeness (QED) is 0.631. The maximum absolute atomic E-state index is 13.7. The van der Waals surface area contributed by atoms with Gasteiger partial charge >= 0.3 is 0 Å². The number of anilines is 1. The number of aromatic amines is 1. The van der Waals surface area contributed by atoms with Crippen LogP contribution in [0.3, 0.4) is 0 Å². The van der Waals surface area contributed by atoms with Crippen molar-refractivity contribution < 1.29 is 12.8 Å². The van der Waals surface area contributed by atoms with Crippen LogP contribution in [0.1, 0.15) is 62.6 Å². The number of nitrogens with one attached hydrogen (secondary N) is 1. The van der Waals surface area contributed by atoms with E-state index in [0.29, 0.717) is 19.6 Å². The van der Waals surface area contributed by atoms with Crippen molar-refractivity contribution in [1.82, 2.24) is 18.6 Å². The van der Waals surface area contributed by atoms with Gasteiger partial charge in [0, 0.05) is 44.1 Å². The number of H-pyrrole nitrogens is 1. The van der Waals surface area contributed by atoms with Crippen molar-refractivity contribution in [3.63, 3.8) is 0 Å². The zero-order chi connectivity index (χ0) is 23.5. The number of hydrogen-bond acceptors (Lipinski definition) is 4. The molecule has 1 unspecified atom stereocenters. The second kappa shape index (κ2) is 10.3. The Morgan fingerprint density at radius 3 is 2.53 bits per heavy atom. The normalized spacial score (nSPS) is 23.8. The van der Waals surface area contributed by atoms with E-state index in [9.17, 15) is 12.8 Å². The van der Waals surface area contributed by atoms with Gasteiger partial charge < -0.3 is 9.88 Å². The van der Waals surface area contributed by atoms with Gasteiger partial charge in [-0.15, -0.1) is 0 Å². The number of alkyl halides is 1. The fraction of sp³-hybridized carbons (Fsp3) is 0.640. The lowest BCUT2D eigenvalue weighted by atomic mass is 9.97. The summed E-state index contributed by atoms with van der Waals surface area (Å²) in [6.45, 7) is 1.95. The Bertz CT molecular complexity index is 1030. The molecule has 1 N–H and O–H groups in total. The third-order valence-corrected chi connectivity index (χ3v) is 9.77. The predicted molar refractivity (Wildman–Crippen MR) is 131 cm³/mol. The van der Waals surface area contributed by atoms with Crippen molar-refractivity contribution in [1.29, 1.82) is 0 Å². The molecule has 2 aliphatic heterocycles. The average Bonchev–Trinajstić information content (AvgIpc) is 3.52. The Morgan fingerprint density at radius 2 is 1.79 bits per heavy atom. The van der Waals surface area contributed by atoms with E-state index in [1.807, 2.05) is 24.4 Å². The molecule has 7 nitrogen and oxygen atoms in total. The van der Waals surface area contributed by atoms with E-state index in [4.69, 9.17) is 0 Å². The molecule has 9 heteroatoms. The van der Waals surface area contributed by atoms with Crippen LogP contribution in [0.25, 0.3) is 0 Å². The molecule has 5 rings (SSSR count). The molecular formula is C25H36FN5O2S. The van der Waals surface area contributed by atoms with Crippen LogP contribution in [0.5, 0.6) is 0 Å². The van der Waals surface area contributed by atoms with Crippen molar-refractivity contribution in [2.45, 2.75) is 76.7 Å². The fourth-order valence-electron chi connectivity index (χ4n) is 5.85. The molecule has 1 aromatic heterocycles. The number of halogens is 1. The predicted octanol–water partition coefficient (Wildman–Crippen LogP) is 4.25. The summed E-state index contributed by atoms with van der Waals surface area (Å²) in [5, 5.41) is 0. The zero-order valence-corrected chi connectivity index (χ0v) is 20.6. The minimum absolute atomic E-state index is 0.0565. The van der Waals surface area contributed by atoms with E-state index >= 15 is 0 Å². The molecule has 1 atom stereocenters. The van der Waals surface area contributed by atoms with E-state index in [0.717, 1.165) is 35.7 Å². The van der Waals surface area contributed by atoms with Gasteiger partial charge in [0.1, 0.15) is 6.17 Å². The Hall–Kier alpha value is -1.97. The second-order valence-corrected chi connectivity index (χ2v) is 12.0.